The van der Waals surface area contributed by atoms with Crippen LogP contribution in [0.15, 0.2) is 60.7 Å². The molecule has 0 aliphatic rings. The quantitative estimate of drug-likeness (QED) is 0.0376. The van der Waals surface area contributed by atoms with Crippen molar-refractivity contribution in [2.24, 2.45) is 0 Å². The maximum absolute atomic E-state index is 14.4. The van der Waals surface area contributed by atoms with Crippen molar-refractivity contribution in [2.45, 2.75) is 354 Å². The molecule has 73 heavy (non-hydrogen) atoms. The average molecular weight is 1010 g/mol. The lowest BCUT2D eigenvalue weighted by Crippen LogP contribution is -2.42. The molecule has 2 aromatic rings. The molecule has 0 bridgehead atoms. The van der Waals surface area contributed by atoms with Crippen LogP contribution in [-0.2, 0) is 15.3 Å². The van der Waals surface area contributed by atoms with Crippen LogP contribution in [0.5, 0.6) is 0 Å². The fraction of sp³-hybridized carbons (Fsp3) is 0.814. The van der Waals surface area contributed by atoms with E-state index in [9.17, 15) is 4.79 Å². The van der Waals surface area contributed by atoms with Gasteiger partial charge in [-0.15, -0.1) is 0 Å². The van der Waals surface area contributed by atoms with Crippen molar-refractivity contribution in [3.8, 4) is 0 Å². The van der Waals surface area contributed by atoms with Crippen LogP contribution in [0.3, 0.4) is 0 Å². The summed E-state index contributed by atoms with van der Waals surface area (Å²) < 4.78 is 13.3. The van der Waals surface area contributed by atoms with Crippen LogP contribution in [0.1, 0.15) is 364 Å². The molecule has 0 N–H and O–H groups in total. The monoisotopic (exact) mass is 1010 g/mol. The minimum absolute atomic E-state index is 0.0936. The lowest BCUT2D eigenvalue weighted by atomic mass is 9.95. The van der Waals surface area contributed by atoms with E-state index >= 15 is 0 Å². The summed E-state index contributed by atoms with van der Waals surface area (Å²) in [4.78, 5) is 14.4. The van der Waals surface area contributed by atoms with Crippen LogP contribution >= 0.6 is 0 Å². The number of unbranched alkanes of at least 4 members (excludes halogenated alkanes) is 50. The van der Waals surface area contributed by atoms with Gasteiger partial charge in [0.1, 0.15) is 0 Å². The highest BCUT2D eigenvalue weighted by Gasteiger charge is 2.43. The Balaban J connectivity index is 1.49. The molecule has 3 nitrogen and oxygen atoms in total. The zero-order chi connectivity index (χ0) is 51.9. The van der Waals surface area contributed by atoms with Gasteiger partial charge in [0.25, 0.3) is 5.79 Å². The standard InChI is InChI=1S/C70H124O3/c1-3-5-7-9-11-13-15-17-19-21-23-25-27-29-31-33-35-37-39-41-43-45-47-49-51-59-65-72-70(68-63-57-54-58-64-68,69(71)67-61-55-53-56-62-67)73-66-60-52-50-48-46-44-42-40-38-36-34-32-30-28-26-24-22-20-18-16-14-12-10-8-6-4-2/h53-58,61-64H,3-52,59-60,65-66H2,1-2H3. The Labute approximate surface area is 456 Å². The summed E-state index contributed by atoms with van der Waals surface area (Å²) in [6.07, 6.45) is 72.3. The highest BCUT2D eigenvalue weighted by Crippen LogP contribution is 2.33. The molecule has 0 spiro atoms. The van der Waals surface area contributed by atoms with E-state index in [2.05, 4.69) is 13.8 Å². The van der Waals surface area contributed by atoms with Crippen molar-refractivity contribution in [3.63, 3.8) is 0 Å². The second-order valence-corrected chi connectivity index (χ2v) is 23.1. The number of rotatable bonds is 59. The molecule has 0 fully saturated rings. The van der Waals surface area contributed by atoms with E-state index < -0.39 is 5.79 Å². The van der Waals surface area contributed by atoms with Crippen molar-refractivity contribution < 1.29 is 14.3 Å². The predicted molar refractivity (Wildman–Crippen MR) is 322 cm³/mol. The van der Waals surface area contributed by atoms with Crippen molar-refractivity contribution in [3.05, 3.63) is 71.8 Å². The maximum atomic E-state index is 14.4. The van der Waals surface area contributed by atoms with Gasteiger partial charge in [0.05, 0.1) is 13.2 Å². The van der Waals surface area contributed by atoms with Gasteiger partial charge in [-0.1, -0.05) is 396 Å². The number of hydrogen-bond acceptors (Lipinski definition) is 3. The summed E-state index contributed by atoms with van der Waals surface area (Å²) in [5.74, 6) is -1.51. The van der Waals surface area contributed by atoms with Gasteiger partial charge in [-0.05, 0) is 12.8 Å². The first-order valence-electron chi connectivity index (χ1n) is 33.2. The first-order chi connectivity index (χ1) is 36.2. The first-order valence-corrected chi connectivity index (χ1v) is 33.2. The highest BCUT2D eigenvalue weighted by atomic mass is 16.7. The normalized spacial score (nSPS) is 11.8. The Hall–Kier alpha value is -1.97. The van der Waals surface area contributed by atoms with Crippen molar-refractivity contribution in [1.82, 2.24) is 0 Å². The molecule has 3 heteroatoms. The molecule has 0 radical (unpaired) electrons. The topological polar surface area (TPSA) is 35.5 Å². The minimum atomic E-state index is -1.42. The van der Waals surface area contributed by atoms with E-state index in [-0.39, 0.29) is 5.78 Å². The molecular weight excluding hydrogens is 889 g/mol. The van der Waals surface area contributed by atoms with Crippen LogP contribution in [0.2, 0.25) is 0 Å². The summed E-state index contributed by atoms with van der Waals surface area (Å²) in [6.45, 7) is 5.65. The van der Waals surface area contributed by atoms with Crippen LogP contribution < -0.4 is 0 Å². The molecule has 0 saturated heterocycles. The summed E-state index contributed by atoms with van der Waals surface area (Å²) in [7, 11) is 0. The predicted octanol–water partition coefficient (Wildman–Crippen LogP) is 24.1. The SMILES string of the molecule is CCCCCCCCCCCCCCCCCCCCCCCCCCCCOC(OCCCCCCCCCCCCCCCCCCCCCCCCCCCC)(C(=O)c1ccccc1)c1ccccc1. The van der Waals surface area contributed by atoms with Crippen LogP contribution in [0, 0.1) is 0 Å². The third kappa shape index (κ3) is 40.0. The fourth-order valence-electron chi connectivity index (χ4n) is 11.2. The average Bonchev–Trinajstić information content (AvgIpc) is 3.42. The molecule has 0 unspecified atom stereocenters. The number of ether oxygens (including phenoxy) is 2. The third-order valence-electron chi connectivity index (χ3n) is 16.1. The van der Waals surface area contributed by atoms with E-state index in [1.54, 1.807) is 0 Å². The van der Waals surface area contributed by atoms with Gasteiger partial charge in [0.2, 0.25) is 5.78 Å². The molecule has 0 amide bonds. The highest BCUT2D eigenvalue weighted by molar-refractivity contribution is 6.02. The molecule has 2 aromatic carbocycles. The smallest absolute Gasteiger partial charge is 0.261 e. The van der Waals surface area contributed by atoms with Gasteiger partial charge < -0.3 is 9.47 Å². The Bertz CT molecular complexity index is 1310. The van der Waals surface area contributed by atoms with E-state index in [4.69, 9.17) is 9.47 Å². The van der Waals surface area contributed by atoms with E-state index in [1.807, 2.05) is 60.7 Å². The van der Waals surface area contributed by atoms with Gasteiger partial charge in [0.15, 0.2) is 0 Å². The Morgan fingerprint density at radius 1 is 0.274 bits per heavy atom. The fourth-order valence-corrected chi connectivity index (χ4v) is 11.2. The van der Waals surface area contributed by atoms with Crippen molar-refractivity contribution >= 4 is 5.78 Å². The van der Waals surface area contributed by atoms with Gasteiger partial charge in [0, 0.05) is 11.1 Å². The van der Waals surface area contributed by atoms with Crippen molar-refractivity contribution in [2.75, 3.05) is 13.2 Å². The first kappa shape index (κ1) is 67.1. The minimum Gasteiger partial charge on any atom is -0.340 e. The second-order valence-electron chi connectivity index (χ2n) is 23.1. The zero-order valence-electron chi connectivity index (χ0n) is 49.2. The van der Waals surface area contributed by atoms with E-state index in [0.29, 0.717) is 18.8 Å². The Morgan fingerprint density at radius 3 is 0.685 bits per heavy atom. The Morgan fingerprint density at radius 2 is 0.466 bits per heavy atom. The summed E-state index contributed by atoms with van der Waals surface area (Å²) in [6, 6.07) is 19.6. The summed E-state index contributed by atoms with van der Waals surface area (Å²) >= 11 is 0. The summed E-state index contributed by atoms with van der Waals surface area (Å²) in [5.41, 5.74) is 1.44. The molecule has 422 valence electrons. The lowest BCUT2D eigenvalue weighted by molar-refractivity contribution is -0.211. The Kier molecular flexibility index (Phi) is 49.1. The molecule has 0 atom stereocenters. The molecule has 0 heterocycles. The van der Waals surface area contributed by atoms with Crippen LogP contribution in [-0.4, -0.2) is 19.0 Å². The number of carbonyl (C=O) groups excluding carboxylic acids is 1. The molecule has 2 rings (SSSR count). The number of hydrogen-bond donors (Lipinski definition) is 0. The maximum Gasteiger partial charge on any atom is 0.261 e. The molecular formula is C70H124O3. The van der Waals surface area contributed by atoms with Gasteiger partial charge >= 0.3 is 0 Å². The zero-order valence-corrected chi connectivity index (χ0v) is 49.2. The molecule has 0 aliphatic heterocycles. The molecule has 0 saturated carbocycles. The van der Waals surface area contributed by atoms with Crippen LogP contribution in [0.4, 0.5) is 0 Å². The van der Waals surface area contributed by atoms with E-state index in [1.165, 1.54) is 308 Å². The van der Waals surface area contributed by atoms with Gasteiger partial charge in [-0.25, -0.2) is 0 Å². The second kappa shape index (κ2) is 53.4. The molecule has 0 aliphatic carbocycles. The third-order valence-corrected chi connectivity index (χ3v) is 16.1. The summed E-state index contributed by atoms with van der Waals surface area (Å²) in [5, 5.41) is 0. The van der Waals surface area contributed by atoms with Gasteiger partial charge in [-0.3, -0.25) is 4.79 Å². The van der Waals surface area contributed by atoms with Crippen molar-refractivity contribution in [1.29, 1.82) is 0 Å². The van der Waals surface area contributed by atoms with Crippen LogP contribution in [0.25, 0.3) is 0 Å². The number of benzene rings is 2. The van der Waals surface area contributed by atoms with E-state index in [0.717, 1.165) is 31.2 Å². The number of ketones is 1. The lowest BCUT2D eigenvalue weighted by Gasteiger charge is -2.33. The largest absolute Gasteiger partial charge is 0.340 e. The molecule has 0 aromatic heterocycles. The number of carbonyl (C=O) groups is 1. The number of Topliss-reactive ketones (excluding diaryl/α,β-unsaturated/α-hetero) is 1. The van der Waals surface area contributed by atoms with Gasteiger partial charge in [-0.2, -0.15) is 0 Å².